The Hall–Kier alpha value is -1.23. The number of hydrogen-bond acceptors (Lipinski definition) is 4. The van der Waals surface area contributed by atoms with Crippen molar-refractivity contribution in [2.45, 2.75) is 96.5 Å². The van der Waals surface area contributed by atoms with Gasteiger partial charge in [-0.05, 0) is 31.6 Å². The Balaban J connectivity index is 2.31. The Labute approximate surface area is 151 Å². The molecule has 2 unspecified atom stereocenters. The molecule has 1 rings (SSSR count). The Bertz CT molecular complexity index is 432. The SMILES string of the molecule is CCCCCC(=O)CC[C@H]1C(O)CC(=O)C1CCCCCCC(=O)O. The zero-order valence-electron chi connectivity index (χ0n) is 15.5. The average Bonchev–Trinajstić information content (AvgIpc) is 2.82. The van der Waals surface area contributed by atoms with Gasteiger partial charge in [0.2, 0.25) is 0 Å². The molecule has 1 fully saturated rings. The molecule has 3 atom stereocenters. The molecule has 0 saturated heterocycles. The van der Waals surface area contributed by atoms with Gasteiger partial charge in [-0.1, -0.05) is 39.0 Å². The number of hydrogen-bond donors (Lipinski definition) is 2. The zero-order valence-corrected chi connectivity index (χ0v) is 15.5. The molecule has 0 amide bonds. The molecule has 144 valence electrons. The third-order valence-electron chi connectivity index (χ3n) is 5.31. The summed E-state index contributed by atoms with van der Waals surface area (Å²) in [7, 11) is 0. The lowest BCUT2D eigenvalue weighted by atomic mass is 9.85. The first-order valence-corrected chi connectivity index (χ1v) is 9.90. The van der Waals surface area contributed by atoms with Crippen LogP contribution in [-0.4, -0.2) is 33.9 Å². The van der Waals surface area contributed by atoms with E-state index in [1.165, 1.54) is 0 Å². The van der Waals surface area contributed by atoms with Crippen LogP contribution in [0.25, 0.3) is 0 Å². The van der Waals surface area contributed by atoms with Gasteiger partial charge in [-0.15, -0.1) is 0 Å². The summed E-state index contributed by atoms with van der Waals surface area (Å²) < 4.78 is 0. The standard InChI is InChI=1S/C20H34O5/c1-2-3-6-9-15(21)12-13-17-16(18(22)14-19(17)23)10-7-4-5-8-11-20(24)25/h16-17,19,23H,2-14H2,1H3,(H,24,25)/t16?,17-,19?/m1/s1. The van der Waals surface area contributed by atoms with Gasteiger partial charge in [0, 0.05) is 31.6 Å². The van der Waals surface area contributed by atoms with Gasteiger partial charge < -0.3 is 10.2 Å². The van der Waals surface area contributed by atoms with Crippen molar-refractivity contribution < 1.29 is 24.6 Å². The molecule has 1 saturated carbocycles. The first-order valence-electron chi connectivity index (χ1n) is 9.90. The quantitative estimate of drug-likeness (QED) is 0.462. The van der Waals surface area contributed by atoms with Crippen LogP contribution in [0, 0.1) is 11.8 Å². The van der Waals surface area contributed by atoms with E-state index >= 15 is 0 Å². The lowest BCUT2D eigenvalue weighted by molar-refractivity contribution is -0.137. The molecule has 0 aromatic rings. The van der Waals surface area contributed by atoms with Crippen molar-refractivity contribution in [3.05, 3.63) is 0 Å². The summed E-state index contributed by atoms with van der Waals surface area (Å²) in [4.78, 5) is 34.6. The molecule has 0 aromatic carbocycles. The molecular weight excluding hydrogens is 320 g/mol. The van der Waals surface area contributed by atoms with Crippen LogP contribution >= 0.6 is 0 Å². The number of Topliss-reactive ketones (excluding diaryl/α,β-unsaturated/α-hetero) is 2. The predicted molar refractivity (Wildman–Crippen MR) is 96.3 cm³/mol. The van der Waals surface area contributed by atoms with Crippen molar-refractivity contribution in [2.75, 3.05) is 0 Å². The van der Waals surface area contributed by atoms with E-state index < -0.39 is 12.1 Å². The minimum Gasteiger partial charge on any atom is -0.481 e. The minimum atomic E-state index is -0.766. The van der Waals surface area contributed by atoms with E-state index in [2.05, 4.69) is 6.92 Å². The molecule has 0 spiro atoms. The largest absolute Gasteiger partial charge is 0.481 e. The van der Waals surface area contributed by atoms with Crippen molar-refractivity contribution in [3.63, 3.8) is 0 Å². The molecule has 25 heavy (non-hydrogen) atoms. The van der Waals surface area contributed by atoms with Crippen molar-refractivity contribution >= 4 is 17.5 Å². The third kappa shape index (κ3) is 8.61. The fourth-order valence-electron chi connectivity index (χ4n) is 3.80. The van der Waals surface area contributed by atoms with Crippen molar-refractivity contribution in [3.8, 4) is 0 Å². The highest BCUT2D eigenvalue weighted by molar-refractivity contribution is 5.84. The fourth-order valence-corrected chi connectivity index (χ4v) is 3.80. The van der Waals surface area contributed by atoms with Gasteiger partial charge in [0.05, 0.1) is 6.10 Å². The molecule has 0 aromatic heterocycles. The van der Waals surface area contributed by atoms with Crippen LogP contribution in [0.1, 0.15) is 90.4 Å². The highest BCUT2D eigenvalue weighted by atomic mass is 16.4. The number of carbonyl (C=O) groups excluding carboxylic acids is 2. The molecule has 1 aliphatic rings. The molecule has 1 aliphatic carbocycles. The number of carboxylic acid groups (broad SMARTS) is 1. The van der Waals surface area contributed by atoms with Crippen LogP contribution in [-0.2, 0) is 14.4 Å². The molecule has 0 aliphatic heterocycles. The summed E-state index contributed by atoms with van der Waals surface area (Å²) in [5, 5.41) is 18.8. The van der Waals surface area contributed by atoms with E-state index in [0.717, 1.165) is 44.9 Å². The monoisotopic (exact) mass is 354 g/mol. The molecule has 2 N–H and O–H groups in total. The molecule has 0 bridgehead atoms. The van der Waals surface area contributed by atoms with E-state index in [9.17, 15) is 19.5 Å². The van der Waals surface area contributed by atoms with Gasteiger partial charge in [-0.25, -0.2) is 0 Å². The second-order valence-electron chi connectivity index (χ2n) is 7.39. The van der Waals surface area contributed by atoms with Gasteiger partial charge in [0.25, 0.3) is 0 Å². The lowest BCUT2D eigenvalue weighted by Gasteiger charge is -2.20. The summed E-state index contributed by atoms with van der Waals surface area (Å²) in [5.74, 6) is -0.605. The van der Waals surface area contributed by atoms with Crippen LogP contribution in [0.3, 0.4) is 0 Å². The Morgan fingerprint density at radius 3 is 2.32 bits per heavy atom. The minimum absolute atomic E-state index is 0.0818. The van der Waals surface area contributed by atoms with Gasteiger partial charge in [0.1, 0.15) is 11.6 Å². The lowest BCUT2D eigenvalue weighted by Crippen LogP contribution is -2.21. The summed E-state index contributed by atoms with van der Waals surface area (Å²) in [5.41, 5.74) is 0. The van der Waals surface area contributed by atoms with Crippen LogP contribution < -0.4 is 0 Å². The van der Waals surface area contributed by atoms with E-state index in [1.54, 1.807) is 0 Å². The van der Waals surface area contributed by atoms with Gasteiger partial charge in [-0.3, -0.25) is 14.4 Å². The van der Waals surface area contributed by atoms with Gasteiger partial charge >= 0.3 is 5.97 Å². The second kappa shape index (κ2) is 12.2. The Morgan fingerprint density at radius 2 is 1.64 bits per heavy atom. The van der Waals surface area contributed by atoms with Gasteiger partial charge in [-0.2, -0.15) is 0 Å². The third-order valence-corrected chi connectivity index (χ3v) is 5.31. The number of aliphatic hydroxyl groups excluding tert-OH is 1. The maximum Gasteiger partial charge on any atom is 0.303 e. The van der Waals surface area contributed by atoms with Crippen molar-refractivity contribution in [1.29, 1.82) is 0 Å². The normalized spacial score (nSPS) is 23.1. The number of carboxylic acids is 1. The summed E-state index contributed by atoms with van der Waals surface area (Å²) in [6, 6.07) is 0. The Kier molecular flexibility index (Phi) is 10.6. The molecule has 0 radical (unpaired) electrons. The molecule has 5 nitrogen and oxygen atoms in total. The van der Waals surface area contributed by atoms with Crippen LogP contribution in [0.4, 0.5) is 0 Å². The molecule has 0 heterocycles. The van der Waals surface area contributed by atoms with Crippen LogP contribution in [0.2, 0.25) is 0 Å². The summed E-state index contributed by atoms with van der Waals surface area (Å²) in [6.45, 7) is 2.11. The van der Waals surface area contributed by atoms with Crippen molar-refractivity contribution in [2.24, 2.45) is 11.8 Å². The topological polar surface area (TPSA) is 91.7 Å². The van der Waals surface area contributed by atoms with E-state index in [1.807, 2.05) is 0 Å². The van der Waals surface area contributed by atoms with Gasteiger partial charge in [0.15, 0.2) is 0 Å². The summed E-state index contributed by atoms with van der Waals surface area (Å²) >= 11 is 0. The van der Waals surface area contributed by atoms with E-state index in [0.29, 0.717) is 25.7 Å². The summed E-state index contributed by atoms with van der Waals surface area (Å²) in [6.07, 6.45) is 8.67. The zero-order chi connectivity index (χ0) is 18.7. The number of rotatable bonds is 14. The number of ketones is 2. The Morgan fingerprint density at radius 1 is 0.960 bits per heavy atom. The van der Waals surface area contributed by atoms with Crippen LogP contribution in [0.15, 0.2) is 0 Å². The number of aliphatic carboxylic acids is 1. The maximum absolute atomic E-state index is 12.1. The number of aliphatic hydroxyl groups is 1. The maximum atomic E-state index is 12.1. The first kappa shape index (κ1) is 21.8. The fraction of sp³-hybridized carbons (Fsp3) is 0.850. The smallest absolute Gasteiger partial charge is 0.303 e. The second-order valence-corrected chi connectivity index (χ2v) is 7.39. The van der Waals surface area contributed by atoms with Crippen molar-refractivity contribution in [1.82, 2.24) is 0 Å². The molecular formula is C20H34O5. The highest BCUT2D eigenvalue weighted by Gasteiger charge is 2.40. The predicted octanol–water partition coefficient (Wildman–Crippen LogP) is 3.91. The number of carbonyl (C=O) groups is 3. The van der Waals surface area contributed by atoms with E-state index in [4.69, 9.17) is 5.11 Å². The average molecular weight is 354 g/mol. The first-order chi connectivity index (χ1) is 12.0. The van der Waals surface area contributed by atoms with E-state index in [-0.39, 0.29) is 36.2 Å². The highest BCUT2D eigenvalue weighted by Crippen LogP contribution is 2.36. The van der Waals surface area contributed by atoms with Crippen LogP contribution in [0.5, 0.6) is 0 Å². The number of unbranched alkanes of at least 4 members (excludes halogenated alkanes) is 5. The molecule has 5 heteroatoms.